The summed E-state index contributed by atoms with van der Waals surface area (Å²) >= 11 is 0. The molecule has 1 saturated carbocycles. The number of nitrogens with zero attached hydrogens (tertiary/aromatic N) is 2. The van der Waals surface area contributed by atoms with E-state index in [9.17, 15) is 0 Å². The van der Waals surface area contributed by atoms with Crippen LogP contribution < -0.4 is 5.32 Å². The second kappa shape index (κ2) is 4.35. The van der Waals surface area contributed by atoms with Crippen molar-refractivity contribution in [1.29, 1.82) is 0 Å². The summed E-state index contributed by atoms with van der Waals surface area (Å²) in [5, 5.41) is 8.08. The van der Waals surface area contributed by atoms with Crippen LogP contribution in [0.4, 0.5) is 0 Å². The van der Waals surface area contributed by atoms with E-state index in [1.807, 2.05) is 11.7 Å². The lowest BCUT2D eigenvalue weighted by Crippen LogP contribution is -2.24. The Hall–Kier alpha value is -0.830. The molecule has 2 rings (SSSR count). The van der Waals surface area contributed by atoms with E-state index in [0.29, 0.717) is 6.04 Å². The molecule has 0 spiro atoms. The van der Waals surface area contributed by atoms with Crippen LogP contribution in [0.25, 0.3) is 0 Å². The lowest BCUT2D eigenvalue weighted by Gasteiger charge is -2.17. The quantitative estimate of drug-likeness (QED) is 0.802. The molecule has 1 fully saturated rings. The number of hydrogen-bond donors (Lipinski definition) is 1. The van der Waals surface area contributed by atoms with Crippen LogP contribution in [-0.2, 0) is 7.05 Å². The van der Waals surface area contributed by atoms with Crippen molar-refractivity contribution in [3.05, 3.63) is 17.5 Å². The Labute approximate surface area is 91.9 Å². The van der Waals surface area contributed by atoms with Crippen molar-refractivity contribution in [1.82, 2.24) is 15.1 Å². The topological polar surface area (TPSA) is 29.9 Å². The Morgan fingerprint density at radius 1 is 1.60 bits per heavy atom. The second-order valence-corrected chi connectivity index (χ2v) is 4.61. The van der Waals surface area contributed by atoms with Crippen LogP contribution in [0.5, 0.6) is 0 Å². The van der Waals surface area contributed by atoms with E-state index in [1.54, 1.807) is 0 Å². The zero-order valence-corrected chi connectivity index (χ0v) is 9.95. The SMILES string of the molecule is CCCNC(c1cn(C)nc1C)C1CC1. The van der Waals surface area contributed by atoms with Gasteiger partial charge in [-0.2, -0.15) is 5.10 Å². The number of rotatable bonds is 5. The Morgan fingerprint density at radius 2 is 2.33 bits per heavy atom. The van der Waals surface area contributed by atoms with Crippen LogP contribution >= 0.6 is 0 Å². The van der Waals surface area contributed by atoms with Gasteiger partial charge >= 0.3 is 0 Å². The molecule has 1 aliphatic carbocycles. The van der Waals surface area contributed by atoms with Crippen molar-refractivity contribution in [3.63, 3.8) is 0 Å². The summed E-state index contributed by atoms with van der Waals surface area (Å²) in [6.07, 6.45) is 6.11. The van der Waals surface area contributed by atoms with Crippen LogP contribution in [0.1, 0.15) is 43.5 Å². The number of hydrogen-bond acceptors (Lipinski definition) is 2. The van der Waals surface area contributed by atoms with Crippen LogP contribution in [0.3, 0.4) is 0 Å². The van der Waals surface area contributed by atoms with Gasteiger partial charge in [-0.25, -0.2) is 0 Å². The number of nitrogens with one attached hydrogen (secondary N) is 1. The fourth-order valence-electron chi connectivity index (χ4n) is 2.18. The molecule has 0 saturated heterocycles. The molecular formula is C12H21N3. The summed E-state index contributed by atoms with van der Waals surface area (Å²) in [7, 11) is 2.00. The molecule has 0 amide bonds. The largest absolute Gasteiger partial charge is 0.310 e. The molecule has 1 atom stereocenters. The maximum absolute atomic E-state index is 4.43. The highest BCUT2D eigenvalue weighted by molar-refractivity contribution is 5.22. The highest BCUT2D eigenvalue weighted by atomic mass is 15.3. The smallest absolute Gasteiger partial charge is 0.0641 e. The number of aromatic nitrogens is 2. The Bertz CT molecular complexity index is 326. The van der Waals surface area contributed by atoms with Gasteiger partial charge in [0.15, 0.2) is 0 Å². The van der Waals surface area contributed by atoms with Crippen LogP contribution in [0.2, 0.25) is 0 Å². The molecule has 0 aromatic carbocycles. The fraction of sp³-hybridized carbons (Fsp3) is 0.750. The normalized spacial score (nSPS) is 18.1. The van der Waals surface area contributed by atoms with Gasteiger partial charge < -0.3 is 5.32 Å². The number of aryl methyl sites for hydroxylation is 2. The summed E-state index contributed by atoms with van der Waals surface area (Å²) in [5.74, 6) is 0.847. The molecule has 15 heavy (non-hydrogen) atoms. The van der Waals surface area contributed by atoms with E-state index in [0.717, 1.165) is 12.5 Å². The molecule has 1 unspecified atom stereocenters. The standard InChI is InChI=1S/C12H21N3/c1-4-7-13-12(10-5-6-10)11-8-15(3)14-9(11)2/h8,10,12-13H,4-7H2,1-3H3. The van der Waals surface area contributed by atoms with E-state index >= 15 is 0 Å². The zero-order valence-electron chi connectivity index (χ0n) is 9.95. The molecule has 1 heterocycles. The van der Waals surface area contributed by atoms with Gasteiger partial charge in [-0.05, 0) is 38.6 Å². The van der Waals surface area contributed by atoms with Crippen molar-refractivity contribution < 1.29 is 0 Å². The Kier molecular flexibility index (Phi) is 3.10. The first-order valence-corrected chi connectivity index (χ1v) is 5.96. The molecule has 1 N–H and O–H groups in total. The van der Waals surface area contributed by atoms with Crippen LogP contribution in [0.15, 0.2) is 6.20 Å². The molecule has 84 valence electrons. The Balaban J connectivity index is 2.12. The van der Waals surface area contributed by atoms with Crippen molar-refractivity contribution >= 4 is 0 Å². The molecule has 1 aromatic heterocycles. The third-order valence-corrected chi connectivity index (χ3v) is 3.09. The van der Waals surface area contributed by atoms with E-state index in [1.165, 1.54) is 30.5 Å². The third kappa shape index (κ3) is 2.40. The lowest BCUT2D eigenvalue weighted by molar-refractivity contribution is 0.479. The van der Waals surface area contributed by atoms with Gasteiger partial charge in [-0.15, -0.1) is 0 Å². The molecule has 3 nitrogen and oxygen atoms in total. The summed E-state index contributed by atoms with van der Waals surface area (Å²) in [4.78, 5) is 0. The highest BCUT2D eigenvalue weighted by Crippen LogP contribution is 2.41. The van der Waals surface area contributed by atoms with Gasteiger partial charge in [0.2, 0.25) is 0 Å². The van der Waals surface area contributed by atoms with Gasteiger partial charge in [0.25, 0.3) is 0 Å². The summed E-state index contributed by atoms with van der Waals surface area (Å²) < 4.78 is 1.92. The first-order valence-electron chi connectivity index (χ1n) is 5.96. The second-order valence-electron chi connectivity index (χ2n) is 4.61. The van der Waals surface area contributed by atoms with Crippen LogP contribution in [-0.4, -0.2) is 16.3 Å². The van der Waals surface area contributed by atoms with Gasteiger partial charge in [-0.1, -0.05) is 6.92 Å². The van der Waals surface area contributed by atoms with Gasteiger partial charge in [0.05, 0.1) is 5.69 Å². The van der Waals surface area contributed by atoms with E-state index in [4.69, 9.17) is 0 Å². The average Bonchev–Trinajstić information content (AvgIpc) is 2.95. The molecule has 0 bridgehead atoms. The monoisotopic (exact) mass is 207 g/mol. The molecular weight excluding hydrogens is 186 g/mol. The van der Waals surface area contributed by atoms with Crippen molar-refractivity contribution in [3.8, 4) is 0 Å². The van der Waals surface area contributed by atoms with Crippen molar-refractivity contribution in [2.75, 3.05) is 6.54 Å². The molecule has 1 aliphatic rings. The summed E-state index contributed by atoms with van der Waals surface area (Å²) in [6.45, 7) is 5.43. The third-order valence-electron chi connectivity index (χ3n) is 3.09. The first kappa shape index (κ1) is 10.7. The fourth-order valence-corrected chi connectivity index (χ4v) is 2.18. The maximum atomic E-state index is 4.43. The molecule has 0 radical (unpaired) electrons. The zero-order chi connectivity index (χ0) is 10.8. The van der Waals surface area contributed by atoms with Gasteiger partial charge in [0, 0.05) is 24.8 Å². The first-order chi connectivity index (χ1) is 7.22. The molecule has 3 heteroatoms. The van der Waals surface area contributed by atoms with E-state index in [2.05, 4.69) is 30.5 Å². The van der Waals surface area contributed by atoms with Crippen LogP contribution in [0, 0.1) is 12.8 Å². The highest BCUT2D eigenvalue weighted by Gasteiger charge is 2.33. The lowest BCUT2D eigenvalue weighted by atomic mass is 10.0. The summed E-state index contributed by atoms with van der Waals surface area (Å²) in [6, 6.07) is 0.540. The van der Waals surface area contributed by atoms with E-state index < -0.39 is 0 Å². The Morgan fingerprint density at radius 3 is 2.80 bits per heavy atom. The minimum absolute atomic E-state index is 0.540. The minimum atomic E-state index is 0.540. The van der Waals surface area contributed by atoms with Gasteiger partial charge in [-0.3, -0.25) is 4.68 Å². The molecule has 1 aromatic rings. The van der Waals surface area contributed by atoms with Gasteiger partial charge in [0.1, 0.15) is 0 Å². The predicted molar refractivity (Wildman–Crippen MR) is 61.7 cm³/mol. The maximum Gasteiger partial charge on any atom is 0.0641 e. The predicted octanol–water partition coefficient (Wildman–Crippen LogP) is 2.18. The minimum Gasteiger partial charge on any atom is -0.310 e. The molecule has 0 aliphatic heterocycles. The van der Waals surface area contributed by atoms with Crippen molar-refractivity contribution in [2.24, 2.45) is 13.0 Å². The average molecular weight is 207 g/mol. The summed E-state index contributed by atoms with van der Waals surface area (Å²) in [5.41, 5.74) is 2.58. The van der Waals surface area contributed by atoms with E-state index in [-0.39, 0.29) is 0 Å². The van der Waals surface area contributed by atoms with Crippen molar-refractivity contribution in [2.45, 2.75) is 39.2 Å².